The normalized spacial score (nSPS) is 14.6. The zero-order chi connectivity index (χ0) is 14.1. The zero-order valence-electron chi connectivity index (χ0n) is 10.2. The van der Waals surface area contributed by atoms with Gasteiger partial charge in [-0.2, -0.15) is 0 Å². The van der Waals surface area contributed by atoms with Crippen LogP contribution in [-0.4, -0.2) is 18.8 Å². The third-order valence-corrected chi connectivity index (χ3v) is 5.42. The number of hydrogen-bond donors (Lipinski definition) is 1. The molecule has 0 aromatic heterocycles. The maximum atomic E-state index is 13.5. The van der Waals surface area contributed by atoms with E-state index in [4.69, 9.17) is 0 Å². The van der Waals surface area contributed by atoms with E-state index in [0.717, 1.165) is 12.1 Å². The summed E-state index contributed by atoms with van der Waals surface area (Å²) in [5.74, 6) is -1.93. The van der Waals surface area contributed by atoms with Crippen LogP contribution in [0.2, 0.25) is 0 Å². The molecule has 0 aliphatic heterocycles. The van der Waals surface area contributed by atoms with Gasteiger partial charge in [0.1, 0.15) is 16.5 Å². The topological polar surface area (TPSA) is 46.2 Å². The van der Waals surface area contributed by atoms with Crippen molar-refractivity contribution >= 4 is 26.0 Å². The van der Waals surface area contributed by atoms with Crippen molar-refractivity contribution in [2.75, 3.05) is 0 Å². The van der Waals surface area contributed by atoms with Gasteiger partial charge in [-0.15, -0.1) is 0 Å². The summed E-state index contributed by atoms with van der Waals surface area (Å²) in [5.41, 5.74) is -0.806. The number of sulfonamides is 1. The van der Waals surface area contributed by atoms with Crippen LogP contribution in [0, 0.1) is 11.6 Å². The molecule has 1 unspecified atom stereocenters. The molecule has 0 aliphatic carbocycles. The number of benzene rings is 1. The van der Waals surface area contributed by atoms with Gasteiger partial charge in [0, 0.05) is 16.4 Å². The first-order valence-electron chi connectivity index (χ1n) is 5.19. The van der Waals surface area contributed by atoms with E-state index in [-0.39, 0.29) is 4.83 Å². The highest BCUT2D eigenvalue weighted by atomic mass is 79.9. The molecule has 3 nitrogen and oxygen atoms in total. The second-order valence-electron chi connectivity index (χ2n) is 4.52. The molecule has 0 aliphatic rings. The molecule has 102 valence electrons. The lowest BCUT2D eigenvalue weighted by Gasteiger charge is -2.28. The number of rotatable bonds is 4. The van der Waals surface area contributed by atoms with E-state index >= 15 is 0 Å². The first-order valence-corrected chi connectivity index (χ1v) is 7.59. The first-order chi connectivity index (χ1) is 8.06. The second-order valence-corrected chi connectivity index (χ2v) is 7.54. The van der Waals surface area contributed by atoms with Crippen molar-refractivity contribution < 1.29 is 17.2 Å². The van der Waals surface area contributed by atoms with E-state index in [1.807, 2.05) is 0 Å². The van der Waals surface area contributed by atoms with Crippen molar-refractivity contribution in [2.45, 2.75) is 36.0 Å². The summed E-state index contributed by atoms with van der Waals surface area (Å²) in [6.45, 7) is 5.08. The minimum Gasteiger partial charge on any atom is -0.207 e. The monoisotopic (exact) mass is 341 g/mol. The lowest BCUT2D eigenvalue weighted by atomic mass is 10.0. The fraction of sp³-hybridized carbons (Fsp3) is 0.455. The third kappa shape index (κ3) is 3.49. The van der Waals surface area contributed by atoms with Crippen molar-refractivity contribution in [1.82, 2.24) is 4.72 Å². The number of nitrogens with one attached hydrogen (secondary N) is 1. The molecule has 0 radical (unpaired) electrons. The molecule has 0 fully saturated rings. The van der Waals surface area contributed by atoms with Gasteiger partial charge in [0.15, 0.2) is 0 Å². The smallest absolute Gasteiger partial charge is 0.207 e. The van der Waals surface area contributed by atoms with Crippen molar-refractivity contribution in [3.8, 4) is 0 Å². The van der Waals surface area contributed by atoms with Crippen LogP contribution in [0.5, 0.6) is 0 Å². The molecule has 18 heavy (non-hydrogen) atoms. The second kappa shape index (κ2) is 5.22. The molecule has 1 atom stereocenters. The van der Waals surface area contributed by atoms with Gasteiger partial charge in [0.2, 0.25) is 10.0 Å². The predicted octanol–water partition coefficient (Wildman–Crippen LogP) is 2.81. The highest BCUT2D eigenvalue weighted by Gasteiger charge is 2.31. The van der Waals surface area contributed by atoms with Gasteiger partial charge in [-0.05, 0) is 26.0 Å². The van der Waals surface area contributed by atoms with Gasteiger partial charge in [-0.3, -0.25) is 0 Å². The number of alkyl halides is 1. The molecular formula is C11H14BrF2NO2S. The van der Waals surface area contributed by atoms with Gasteiger partial charge in [-0.25, -0.2) is 21.9 Å². The lowest BCUT2D eigenvalue weighted by Crippen LogP contribution is -2.48. The molecule has 7 heteroatoms. The van der Waals surface area contributed by atoms with Crippen molar-refractivity contribution in [1.29, 1.82) is 0 Å². The quantitative estimate of drug-likeness (QED) is 0.856. The summed E-state index contributed by atoms with van der Waals surface area (Å²) < 4.78 is 52.5. The van der Waals surface area contributed by atoms with Crippen molar-refractivity contribution in [2.24, 2.45) is 0 Å². The van der Waals surface area contributed by atoms with E-state index in [1.165, 1.54) is 0 Å². The van der Waals surface area contributed by atoms with Gasteiger partial charge in [-0.1, -0.05) is 22.9 Å². The summed E-state index contributed by atoms with van der Waals surface area (Å²) in [7, 11) is -4.03. The molecule has 0 saturated carbocycles. The standard InChI is InChI=1S/C11H14BrF2NO2S/c1-7(12)11(2,3)15-18(16,17)10-5-4-8(13)6-9(10)14/h4-7,15H,1-3H3. The van der Waals surface area contributed by atoms with E-state index in [9.17, 15) is 17.2 Å². The van der Waals surface area contributed by atoms with Gasteiger partial charge in [0.05, 0.1) is 0 Å². The van der Waals surface area contributed by atoms with Crippen LogP contribution in [-0.2, 0) is 10.0 Å². The average molecular weight is 342 g/mol. The SMILES string of the molecule is CC(Br)C(C)(C)NS(=O)(=O)c1ccc(F)cc1F. The predicted molar refractivity (Wildman–Crippen MR) is 69.1 cm³/mol. The third-order valence-electron chi connectivity index (χ3n) is 2.58. The summed E-state index contributed by atoms with van der Waals surface area (Å²) in [4.78, 5) is -0.728. The highest BCUT2D eigenvalue weighted by molar-refractivity contribution is 9.09. The molecule has 1 rings (SSSR count). The summed E-state index contributed by atoms with van der Waals surface area (Å²) in [5, 5.41) is 0. The molecule has 0 saturated heterocycles. The van der Waals surface area contributed by atoms with Gasteiger partial charge >= 0.3 is 0 Å². The Bertz CT molecular complexity index is 544. The zero-order valence-corrected chi connectivity index (χ0v) is 12.6. The van der Waals surface area contributed by atoms with Crippen LogP contribution in [0.15, 0.2) is 23.1 Å². The van der Waals surface area contributed by atoms with Crippen LogP contribution in [0.25, 0.3) is 0 Å². The fourth-order valence-corrected chi connectivity index (χ4v) is 2.98. The Balaban J connectivity index is 3.15. The highest BCUT2D eigenvalue weighted by Crippen LogP contribution is 2.22. The average Bonchev–Trinajstić information content (AvgIpc) is 2.14. The Morgan fingerprint density at radius 1 is 1.33 bits per heavy atom. The molecule has 0 bridgehead atoms. The summed E-state index contributed by atoms with van der Waals surface area (Å²) >= 11 is 3.27. The summed E-state index contributed by atoms with van der Waals surface area (Å²) in [6.07, 6.45) is 0. The Morgan fingerprint density at radius 3 is 2.33 bits per heavy atom. The van der Waals surface area contributed by atoms with E-state index in [2.05, 4.69) is 20.7 Å². The summed E-state index contributed by atoms with van der Waals surface area (Å²) in [6, 6.07) is 2.35. The van der Waals surface area contributed by atoms with Crippen molar-refractivity contribution in [3.05, 3.63) is 29.8 Å². The minimum atomic E-state index is -4.03. The van der Waals surface area contributed by atoms with Crippen LogP contribution in [0.3, 0.4) is 0 Å². The van der Waals surface area contributed by atoms with Crippen molar-refractivity contribution in [3.63, 3.8) is 0 Å². The maximum absolute atomic E-state index is 13.5. The Morgan fingerprint density at radius 2 is 1.89 bits per heavy atom. The molecule has 0 amide bonds. The van der Waals surface area contributed by atoms with Crippen LogP contribution < -0.4 is 4.72 Å². The molecular weight excluding hydrogens is 328 g/mol. The molecule has 0 spiro atoms. The first kappa shape index (κ1) is 15.5. The number of hydrogen-bond acceptors (Lipinski definition) is 2. The van der Waals surface area contributed by atoms with Crippen LogP contribution in [0.4, 0.5) is 8.78 Å². The van der Waals surface area contributed by atoms with Crippen LogP contribution >= 0.6 is 15.9 Å². The number of halogens is 3. The molecule has 1 aromatic carbocycles. The Kier molecular flexibility index (Phi) is 4.51. The van der Waals surface area contributed by atoms with E-state index < -0.39 is 32.1 Å². The molecule has 1 aromatic rings. The minimum absolute atomic E-state index is 0.164. The Hall–Kier alpha value is -0.530. The largest absolute Gasteiger partial charge is 0.244 e. The molecule has 0 heterocycles. The lowest BCUT2D eigenvalue weighted by molar-refractivity contribution is 0.450. The van der Waals surface area contributed by atoms with E-state index in [0.29, 0.717) is 6.07 Å². The fourth-order valence-electron chi connectivity index (χ4n) is 1.18. The van der Waals surface area contributed by atoms with Gasteiger partial charge in [0.25, 0.3) is 0 Å². The van der Waals surface area contributed by atoms with Gasteiger partial charge < -0.3 is 0 Å². The van der Waals surface area contributed by atoms with E-state index in [1.54, 1.807) is 20.8 Å². The van der Waals surface area contributed by atoms with Crippen LogP contribution in [0.1, 0.15) is 20.8 Å². The molecule has 1 N–H and O–H groups in total. The Labute approximate surface area is 114 Å². The maximum Gasteiger partial charge on any atom is 0.244 e.